The van der Waals surface area contributed by atoms with Crippen LogP contribution in [0.3, 0.4) is 0 Å². The Balaban J connectivity index is 2.33. The van der Waals surface area contributed by atoms with Crippen LogP contribution >= 0.6 is 11.8 Å². The standard InChI is InChI=1S/C14H13F3N2O2S/c1-8(2)21-11(20)7-22-12-9-5-3-4-6-10(9)18-13(19-12)14(15,16)17/h3-6,8H,7H2,1-2H3. The van der Waals surface area contributed by atoms with Crippen molar-refractivity contribution in [2.45, 2.75) is 31.2 Å². The van der Waals surface area contributed by atoms with Crippen LogP contribution in [0.4, 0.5) is 13.2 Å². The Morgan fingerprint density at radius 3 is 2.59 bits per heavy atom. The number of rotatable bonds is 4. The number of hydrogen-bond donors (Lipinski definition) is 0. The number of esters is 1. The summed E-state index contributed by atoms with van der Waals surface area (Å²) in [5.41, 5.74) is 0.185. The van der Waals surface area contributed by atoms with E-state index in [2.05, 4.69) is 9.97 Å². The zero-order chi connectivity index (χ0) is 16.3. The summed E-state index contributed by atoms with van der Waals surface area (Å²) in [6, 6.07) is 6.36. The van der Waals surface area contributed by atoms with Crippen molar-refractivity contribution >= 4 is 28.6 Å². The number of halogens is 3. The maximum Gasteiger partial charge on any atom is 0.451 e. The molecule has 4 nitrogen and oxygen atoms in total. The lowest BCUT2D eigenvalue weighted by Gasteiger charge is -2.11. The van der Waals surface area contributed by atoms with Gasteiger partial charge in [0, 0.05) is 5.39 Å². The van der Waals surface area contributed by atoms with Gasteiger partial charge in [-0.1, -0.05) is 30.0 Å². The topological polar surface area (TPSA) is 52.1 Å². The van der Waals surface area contributed by atoms with Crippen molar-refractivity contribution in [1.82, 2.24) is 9.97 Å². The summed E-state index contributed by atoms with van der Waals surface area (Å²) in [5, 5.41) is 0.580. The smallest absolute Gasteiger partial charge is 0.451 e. The molecule has 1 aromatic heterocycles. The number of aromatic nitrogens is 2. The summed E-state index contributed by atoms with van der Waals surface area (Å²) in [4.78, 5) is 18.6. The number of carbonyl (C=O) groups is 1. The van der Waals surface area contributed by atoms with E-state index >= 15 is 0 Å². The van der Waals surface area contributed by atoms with Crippen molar-refractivity contribution in [3.8, 4) is 0 Å². The highest BCUT2D eigenvalue weighted by atomic mass is 32.2. The van der Waals surface area contributed by atoms with Crippen LogP contribution < -0.4 is 0 Å². The molecule has 1 aromatic carbocycles. The van der Waals surface area contributed by atoms with E-state index in [1.807, 2.05) is 0 Å². The minimum atomic E-state index is -4.64. The number of fused-ring (bicyclic) bond motifs is 1. The highest BCUT2D eigenvalue weighted by molar-refractivity contribution is 8.00. The third kappa shape index (κ3) is 4.09. The number of alkyl halides is 3. The van der Waals surface area contributed by atoms with Crippen molar-refractivity contribution in [3.05, 3.63) is 30.1 Å². The minimum absolute atomic E-state index is 0.110. The van der Waals surface area contributed by atoms with Crippen molar-refractivity contribution in [2.24, 2.45) is 0 Å². The molecule has 0 unspecified atom stereocenters. The Morgan fingerprint density at radius 1 is 1.27 bits per heavy atom. The fourth-order valence-electron chi connectivity index (χ4n) is 1.71. The maximum absolute atomic E-state index is 12.8. The molecule has 0 aliphatic heterocycles. The summed E-state index contributed by atoms with van der Waals surface area (Å²) in [7, 11) is 0. The molecule has 2 rings (SSSR count). The number of carbonyl (C=O) groups excluding carboxylic acids is 1. The normalized spacial score (nSPS) is 11.9. The highest BCUT2D eigenvalue weighted by Gasteiger charge is 2.35. The van der Waals surface area contributed by atoms with E-state index in [4.69, 9.17) is 4.74 Å². The predicted molar refractivity (Wildman–Crippen MR) is 76.5 cm³/mol. The van der Waals surface area contributed by atoms with Gasteiger partial charge in [0.15, 0.2) is 0 Å². The summed E-state index contributed by atoms with van der Waals surface area (Å²) in [5.74, 6) is -1.83. The van der Waals surface area contributed by atoms with Gasteiger partial charge in [-0.3, -0.25) is 4.79 Å². The summed E-state index contributed by atoms with van der Waals surface area (Å²) < 4.78 is 43.5. The number of ether oxygens (including phenoxy) is 1. The number of hydrogen-bond acceptors (Lipinski definition) is 5. The summed E-state index contributed by atoms with van der Waals surface area (Å²) in [6.07, 6.45) is -4.92. The molecule has 0 bridgehead atoms. The van der Waals surface area contributed by atoms with E-state index in [1.54, 1.807) is 32.0 Å². The number of para-hydroxylation sites is 1. The third-order valence-corrected chi connectivity index (χ3v) is 3.48. The van der Waals surface area contributed by atoms with Crippen LogP contribution in [-0.2, 0) is 15.7 Å². The highest BCUT2D eigenvalue weighted by Crippen LogP contribution is 2.32. The molecule has 8 heteroatoms. The zero-order valence-electron chi connectivity index (χ0n) is 11.8. The Kier molecular flexibility index (Phi) is 4.90. The fourth-order valence-corrected chi connectivity index (χ4v) is 2.51. The van der Waals surface area contributed by atoms with Crippen molar-refractivity contribution < 1.29 is 22.7 Å². The molecule has 1 heterocycles. The first kappa shape index (κ1) is 16.5. The van der Waals surface area contributed by atoms with Crippen LogP contribution in [0.25, 0.3) is 10.9 Å². The summed E-state index contributed by atoms with van der Waals surface area (Å²) in [6.45, 7) is 3.40. The second-order valence-corrected chi connectivity index (χ2v) is 5.66. The second-order valence-electron chi connectivity index (χ2n) is 4.69. The zero-order valence-corrected chi connectivity index (χ0v) is 12.7. The molecule has 0 N–H and O–H groups in total. The molecule has 0 atom stereocenters. The lowest BCUT2D eigenvalue weighted by Crippen LogP contribution is -2.14. The van der Waals surface area contributed by atoms with Crippen molar-refractivity contribution in [1.29, 1.82) is 0 Å². The average molecular weight is 330 g/mol. The van der Waals surface area contributed by atoms with E-state index < -0.39 is 18.0 Å². The molecule has 22 heavy (non-hydrogen) atoms. The van der Waals surface area contributed by atoms with Crippen LogP contribution in [0.1, 0.15) is 19.7 Å². The van der Waals surface area contributed by atoms with Crippen LogP contribution in [0.15, 0.2) is 29.3 Å². The maximum atomic E-state index is 12.8. The first-order chi connectivity index (χ1) is 10.3. The minimum Gasteiger partial charge on any atom is -0.462 e. The average Bonchev–Trinajstić information content (AvgIpc) is 2.42. The van der Waals surface area contributed by atoms with E-state index in [0.717, 1.165) is 11.8 Å². The molecule has 0 saturated carbocycles. The molecule has 0 spiro atoms. The second kappa shape index (κ2) is 6.51. The predicted octanol–water partition coefficient (Wildman–Crippen LogP) is 3.69. The first-order valence-electron chi connectivity index (χ1n) is 6.43. The number of nitrogens with zero attached hydrogens (tertiary/aromatic N) is 2. The largest absolute Gasteiger partial charge is 0.462 e. The van der Waals surface area contributed by atoms with Gasteiger partial charge in [0.05, 0.1) is 17.4 Å². The molecule has 118 valence electrons. The van der Waals surface area contributed by atoms with Gasteiger partial charge in [0.25, 0.3) is 0 Å². The molecule has 0 radical (unpaired) electrons. The summed E-state index contributed by atoms with van der Waals surface area (Å²) >= 11 is 0.905. The quantitative estimate of drug-likeness (QED) is 0.486. The molecular weight excluding hydrogens is 317 g/mol. The van der Waals surface area contributed by atoms with Crippen LogP contribution in [0.5, 0.6) is 0 Å². The Morgan fingerprint density at radius 2 is 1.95 bits per heavy atom. The van der Waals surface area contributed by atoms with Crippen molar-refractivity contribution in [2.75, 3.05) is 5.75 Å². The van der Waals surface area contributed by atoms with Gasteiger partial charge in [-0.25, -0.2) is 9.97 Å². The van der Waals surface area contributed by atoms with Gasteiger partial charge >= 0.3 is 12.1 Å². The third-order valence-electron chi connectivity index (χ3n) is 2.52. The molecular formula is C14H13F3N2O2S. The molecule has 0 aliphatic carbocycles. The Labute approximate surface area is 129 Å². The number of thioether (sulfide) groups is 1. The SMILES string of the molecule is CC(C)OC(=O)CSc1nc(C(F)(F)F)nc2ccccc12. The molecule has 0 fully saturated rings. The van der Waals surface area contributed by atoms with Gasteiger partial charge in [0.2, 0.25) is 5.82 Å². The number of benzene rings is 1. The van der Waals surface area contributed by atoms with E-state index in [-0.39, 0.29) is 22.4 Å². The Bertz CT molecular complexity index is 689. The lowest BCUT2D eigenvalue weighted by atomic mass is 10.2. The first-order valence-corrected chi connectivity index (χ1v) is 7.42. The molecule has 0 saturated heterocycles. The fraction of sp³-hybridized carbons (Fsp3) is 0.357. The molecule has 2 aromatic rings. The van der Waals surface area contributed by atoms with Gasteiger partial charge < -0.3 is 4.74 Å². The van der Waals surface area contributed by atoms with Crippen LogP contribution in [0, 0.1) is 0 Å². The Hall–Kier alpha value is -1.83. The van der Waals surface area contributed by atoms with Gasteiger partial charge in [-0.05, 0) is 19.9 Å². The van der Waals surface area contributed by atoms with E-state index in [1.165, 1.54) is 6.07 Å². The van der Waals surface area contributed by atoms with E-state index in [9.17, 15) is 18.0 Å². The molecule has 0 amide bonds. The van der Waals surface area contributed by atoms with Gasteiger partial charge in [-0.15, -0.1) is 0 Å². The van der Waals surface area contributed by atoms with Crippen LogP contribution in [-0.4, -0.2) is 27.8 Å². The van der Waals surface area contributed by atoms with Crippen molar-refractivity contribution in [3.63, 3.8) is 0 Å². The van der Waals surface area contributed by atoms with Gasteiger partial charge in [-0.2, -0.15) is 13.2 Å². The van der Waals surface area contributed by atoms with Gasteiger partial charge in [0.1, 0.15) is 5.03 Å². The van der Waals surface area contributed by atoms with Crippen LogP contribution in [0.2, 0.25) is 0 Å². The molecule has 0 aliphatic rings. The van der Waals surface area contributed by atoms with E-state index in [0.29, 0.717) is 5.39 Å². The lowest BCUT2D eigenvalue weighted by molar-refractivity contribution is -0.145. The monoisotopic (exact) mass is 330 g/mol.